The normalized spacial score (nSPS) is 11.3. The number of halogens is 2. The SMILES string of the molecule is Cn1cc(C#CC(C)(C)C)c(-c2cc([N+](=O)[O-])ccc2NCCCCCCCn2cc(C#CC(C)(C)C)c(-c3cc([N+](=O)[O-])ccc3NCc3c(F)cccc3F)n2)n1. The Morgan fingerprint density at radius 3 is 1.76 bits per heavy atom. The second kappa shape index (κ2) is 18.8. The molecule has 59 heavy (non-hydrogen) atoms. The van der Waals surface area contributed by atoms with Crippen LogP contribution in [0.4, 0.5) is 31.5 Å². The highest BCUT2D eigenvalue weighted by Crippen LogP contribution is 2.35. The van der Waals surface area contributed by atoms with Crippen LogP contribution in [0.25, 0.3) is 22.5 Å². The lowest BCUT2D eigenvalue weighted by atomic mass is 9.97. The van der Waals surface area contributed by atoms with Crippen molar-refractivity contribution in [2.75, 3.05) is 17.2 Å². The summed E-state index contributed by atoms with van der Waals surface area (Å²) in [5, 5.41) is 39.5. The van der Waals surface area contributed by atoms with Gasteiger partial charge in [0.05, 0.1) is 21.0 Å². The Hall–Kier alpha value is -6.54. The number of hydrogen-bond acceptors (Lipinski definition) is 8. The van der Waals surface area contributed by atoms with Gasteiger partial charge >= 0.3 is 0 Å². The molecule has 0 spiro atoms. The molecule has 0 saturated carbocycles. The van der Waals surface area contributed by atoms with Gasteiger partial charge in [0.15, 0.2) is 0 Å². The van der Waals surface area contributed by atoms with Crippen molar-refractivity contribution in [1.29, 1.82) is 0 Å². The molecule has 5 rings (SSSR count). The van der Waals surface area contributed by atoms with Gasteiger partial charge in [0.2, 0.25) is 0 Å². The van der Waals surface area contributed by atoms with Crippen LogP contribution in [0.15, 0.2) is 67.0 Å². The molecule has 3 aromatic carbocycles. The van der Waals surface area contributed by atoms with Gasteiger partial charge in [-0.15, -0.1) is 0 Å². The molecule has 12 nitrogen and oxygen atoms in total. The van der Waals surface area contributed by atoms with Crippen molar-refractivity contribution in [2.24, 2.45) is 17.9 Å². The summed E-state index contributed by atoms with van der Waals surface area (Å²) in [7, 11) is 1.80. The van der Waals surface area contributed by atoms with Crippen molar-refractivity contribution in [1.82, 2.24) is 19.6 Å². The molecule has 14 heteroatoms. The van der Waals surface area contributed by atoms with Crippen LogP contribution in [0.1, 0.15) is 90.3 Å². The molecular formula is C45H50F2N8O4. The third kappa shape index (κ3) is 12.2. The van der Waals surface area contributed by atoms with Crippen LogP contribution in [0.3, 0.4) is 0 Å². The van der Waals surface area contributed by atoms with Gasteiger partial charge < -0.3 is 10.6 Å². The second-order valence-corrected chi connectivity index (χ2v) is 16.4. The summed E-state index contributed by atoms with van der Waals surface area (Å²) in [6, 6.07) is 12.6. The maximum Gasteiger partial charge on any atom is 0.270 e. The second-order valence-electron chi connectivity index (χ2n) is 16.4. The number of nitrogens with one attached hydrogen (secondary N) is 2. The van der Waals surface area contributed by atoms with Gasteiger partial charge in [0.1, 0.15) is 23.0 Å². The average Bonchev–Trinajstić information content (AvgIpc) is 3.75. The molecule has 308 valence electrons. The van der Waals surface area contributed by atoms with E-state index in [9.17, 15) is 29.0 Å². The number of nitrogens with zero attached hydrogens (tertiary/aromatic N) is 6. The Labute approximate surface area is 343 Å². The highest BCUT2D eigenvalue weighted by molar-refractivity contribution is 5.82. The first-order valence-corrected chi connectivity index (χ1v) is 19.5. The van der Waals surface area contributed by atoms with Gasteiger partial charge in [-0.3, -0.25) is 29.6 Å². The number of rotatable bonds is 16. The number of benzene rings is 3. The largest absolute Gasteiger partial charge is 0.384 e. The number of aromatic nitrogens is 4. The number of anilines is 2. The fourth-order valence-corrected chi connectivity index (χ4v) is 6.14. The van der Waals surface area contributed by atoms with Gasteiger partial charge in [-0.05, 0) is 78.6 Å². The fourth-order valence-electron chi connectivity index (χ4n) is 6.14. The van der Waals surface area contributed by atoms with E-state index in [0.29, 0.717) is 52.4 Å². The molecule has 0 atom stereocenters. The van der Waals surface area contributed by atoms with Gasteiger partial charge in [-0.1, -0.05) is 49.0 Å². The topological polar surface area (TPSA) is 146 Å². The minimum Gasteiger partial charge on any atom is -0.384 e. The van der Waals surface area contributed by atoms with Crippen LogP contribution < -0.4 is 10.6 Å². The summed E-state index contributed by atoms with van der Waals surface area (Å²) in [5.41, 5.74) is 3.58. The van der Waals surface area contributed by atoms with Crippen molar-refractivity contribution in [2.45, 2.75) is 86.7 Å². The summed E-state index contributed by atoms with van der Waals surface area (Å²) in [6.07, 6.45) is 8.16. The van der Waals surface area contributed by atoms with E-state index >= 15 is 0 Å². The highest BCUT2D eigenvalue weighted by atomic mass is 19.1. The number of unbranched alkanes of at least 4 members (excludes halogenated alkanes) is 4. The Balaban J connectivity index is 1.25. The number of hydrogen-bond donors (Lipinski definition) is 2. The Kier molecular flexibility index (Phi) is 13.9. The van der Waals surface area contributed by atoms with E-state index in [1.165, 1.54) is 48.5 Å². The highest BCUT2D eigenvalue weighted by Gasteiger charge is 2.21. The van der Waals surface area contributed by atoms with Gasteiger partial charge in [0.25, 0.3) is 11.4 Å². The molecule has 2 heterocycles. The zero-order chi connectivity index (χ0) is 42.9. The maximum absolute atomic E-state index is 14.5. The first-order valence-electron chi connectivity index (χ1n) is 19.5. The van der Waals surface area contributed by atoms with E-state index in [-0.39, 0.29) is 34.3 Å². The molecule has 0 bridgehead atoms. The van der Waals surface area contributed by atoms with Crippen LogP contribution in [0.5, 0.6) is 0 Å². The summed E-state index contributed by atoms with van der Waals surface area (Å²) in [4.78, 5) is 22.6. The Bertz CT molecular complexity index is 2430. The smallest absolute Gasteiger partial charge is 0.270 e. The third-order valence-electron chi connectivity index (χ3n) is 9.07. The monoisotopic (exact) mass is 804 g/mol. The molecule has 0 radical (unpaired) electrons. The lowest BCUT2D eigenvalue weighted by molar-refractivity contribution is -0.385. The minimum atomic E-state index is -0.700. The molecule has 0 aliphatic carbocycles. The number of non-ortho nitro benzene ring substituents is 2. The molecule has 0 saturated heterocycles. The van der Waals surface area contributed by atoms with Crippen LogP contribution in [-0.2, 0) is 20.1 Å². The van der Waals surface area contributed by atoms with E-state index in [1.807, 2.05) is 53.9 Å². The van der Waals surface area contributed by atoms with Crippen LogP contribution in [0, 0.1) is 66.4 Å². The Morgan fingerprint density at radius 1 is 0.695 bits per heavy atom. The minimum absolute atomic E-state index is 0.0257. The average molecular weight is 805 g/mol. The van der Waals surface area contributed by atoms with Gasteiger partial charge in [-0.25, -0.2) is 8.78 Å². The van der Waals surface area contributed by atoms with Crippen molar-refractivity contribution < 1.29 is 18.6 Å². The third-order valence-corrected chi connectivity index (χ3v) is 9.07. The maximum atomic E-state index is 14.5. The van der Waals surface area contributed by atoms with Crippen LogP contribution in [-0.4, -0.2) is 36.0 Å². The van der Waals surface area contributed by atoms with Gasteiger partial charge in [-0.2, -0.15) is 10.2 Å². The standard InChI is InChI=1S/C45H50F2N8O4/c1-44(2,3)22-20-31-29-52(7)50-42(31)35-26-33(54(56)57)16-18-40(35)48-24-11-9-8-10-12-25-53-30-32(21-23-45(4,5)6)43(51-53)36-27-34(55(58)59)17-19-41(36)49-28-37-38(46)14-13-15-39(37)47/h13-19,26-27,29-30,48-49H,8-12,24-25,28H2,1-7H3. The molecule has 0 unspecified atom stereocenters. The molecule has 0 aliphatic heterocycles. The molecule has 0 aliphatic rings. The van der Waals surface area contributed by atoms with E-state index in [1.54, 1.807) is 22.5 Å². The predicted molar refractivity (Wildman–Crippen MR) is 228 cm³/mol. The molecule has 0 amide bonds. The molecule has 5 aromatic rings. The summed E-state index contributed by atoms with van der Waals surface area (Å²) >= 11 is 0. The fraction of sp³-hybridized carbons (Fsp3) is 0.378. The van der Waals surface area contributed by atoms with E-state index in [2.05, 4.69) is 39.4 Å². The number of aryl methyl sites for hydroxylation is 2. The quantitative estimate of drug-likeness (QED) is 0.0434. The zero-order valence-electron chi connectivity index (χ0n) is 34.6. The van der Waals surface area contributed by atoms with Crippen LogP contribution >= 0.6 is 0 Å². The molecule has 2 aromatic heterocycles. The van der Waals surface area contributed by atoms with Crippen molar-refractivity contribution in [3.05, 3.63) is 116 Å². The molecular weight excluding hydrogens is 755 g/mol. The van der Waals surface area contributed by atoms with Crippen LogP contribution in [0.2, 0.25) is 0 Å². The van der Waals surface area contributed by atoms with Crippen molar-refractivity contribution >= 4 is 22.7 Å². The summed E-state index contributed by atoms with van der Waals surface area (Å²) in [6.45, 7) is 13.0. The summed E-state index contributed by atoms with van der Waals surface area (Å²) < 4.78 is 32.4. The number of nitro benzene ring substituents is 2. The molecule has 2 N–H and O–H groups in total. The van der Waals surface area contributed by atoms with E-state index in [4.69, 9.17) is 5.10 Å². The van der Waals surface area contributed by atoms with Crippen molar-refractivity contribution in [3.63, 3.8) is 0 Å². The van der Waals surface area contributed by atoms with Crippen molar-refractivity contribution in [3.8, 4) is 46.2 Å². The zero-order valence-corrected chi connectivity index (χ0v) is 34.6. The van der Waals surface area contributed by atoms with E-state index in [0.717, 1.165) is 37.8 Å². The van der Waals surface area contributed by atoms with Gasteiger partial charge in [0, 0.05) is 102 Å². The summed E-state index contributed by atoms with van der Waals surface area (Å²) in [5.74, 6) is 11.5. The lowest BCUT2D eigenvalue weighted by Crippen LogP contribution is -2.06. The predicted octanol–water partition coefficient (Wildman–Crippen LogP) is 10.5. The Morgan fingerprint density at radius 2 is 1.20 bits per heavy atom. The lowest BCUT2D eigenvalue weighted by Gasteiger charge is -2.13. The molecule has 0 fully saturated rings. The number of nitro groups is 2. The van der Waals surface area contributed by atoms with E-state index < -0.39 is 21.5 Å². The first-order chi connectivity index (χ1) is 27.9. The first kappa shape index (κ1) is 43.6.